The molecule has 1 aliphatic heterocycles. The Balaban J connectivity index is 1.44. The lowest BCUT2D eigenvalue weighted by Gasteiger charge is -2.43. The summed E-state index contributed by atoms with van der Waals surface area (Å²) in [5.74, 6) is 1.13. The number of hydrogen-bond donors (Lipinski definition) is 1. The number of rotatable bonds is 5. The maximum absolute atomic E-state index is 4.45. The van der Waals surface area contributed by atoms with Gasteiger partial charge in [-0.2, -0.15) is 0 Å². The van der Waals surface area contributed by atoms with Crippen LogP contribution in [0.5, 0.6) is 0 Å². The summed E-state index contributed by atoms with van der Waals surface area (Å²) >= 11 is 0. The fourth-order valence-corrected chi connectivity index (χ4v) is 3.55. The van der Waals surface area contributed by atoms with Crippen molar-refractivity contribution < 1.29 is 0 Å². The van der Waals surface area contributed by atoms with Gasteiger partial charge in [0.25, 0.3) is 0 Å². The van der Waals surface area contributed by atoms with Crippen LogP contribution in [-0.4, -0.2) is 30.7 Å². The van der Waals surface area contributed by atoms with Crippen molar-refractivity contribution in [2.45, 2.75) is 51.5 Å². The van der Waals surface area contributed by atoms with Gasteiger partial charge < -0.3 is 10.2 Å². The predicted octanol–water partition coefficient (Wildman–Crippen LogP) is 3.22. The quantitative estimate of drug-likeness (QED) is 0.893. The van der Waals surface area contributed by atoms with Crippen molar-refractivity contribution in [2.24, 2.45) is 5.41 Å². The van der Waals surface area contributed by atoms with Crippen molar-refractivity contribution in [1.29, 1.82) is 0 Å². The van der Waals surface area contributed by atoms with Gasteiger partial charge in [-0.05, 0) is 49.7 Å². The Bertz CT molecular complexity index is 400. The molecule has 1 saturated heterocycles. The molecule has 20 heavy (non-hydrogen) atoms. The van der Waals surface area contributed by atoms with Gasteiger partial charge >= 0.3 is 0 Å². The third kappa shape index (κ3) is 2.98. The van der Waals surface area contributed by atoms with Crippen LogP contribution in [0.15, 0.2) is 24.4 Å². The largest absolute Gasteiger partial charge is 0.357 e. The van der Waals surface area contributed by atoms with Crippen molar-refractivity contribution in [3.63, 3.8) is 0 Å². The van der Waals surface area contributed by atoms with Crippen LogP contribution in [0, 0.1) is 5.41 Å². The van der Waals surface area contributed by atoms with Crippen molar-refractivity contribution in [3.8, 4) is 0 Å². The Hall–Kier alpha value is -1.09. The van der Waals surface area contributed by atoms with Gasteiger partial charge in [0.1, 0.15) is 5.82 Å². The molecular weight excluding hydrogens is 246 g/mol. The zero-order chi connectivity index (χ0) is 13.8. The Kier molecular flexibility index (Phi) is 4.25. The van der Waals surface area contributed by atoms with E-state index >= 15 is 0 Å². The second kappa shape index (κ2) is 6.13. The molecule has 0 unspecified atom stereocenters. The molecule has 0 bridgehead atoms. The highest BCUT2D eigenvalue weighted by Crippen LogP contribution is 2.43. The highest BCUT2D eigenvalue weighted by atomic mass is 15.2. The van der Waals surface area contributed by atoms with E-state index in [1.165, 1.54) is 45.1 Å². The second-order valence-electron chi connectivity index (χ2n) is 6.54. The lowest BCUT2D eigenvalue weighted by Crippen LogP contribution is -2.48. The van der Waals surface area contributed by atoms with Gasteiger partial charge in [0, 0.05) is 31.9 Å². The molecule has 2 heterocycles. The molecule has 1 aliphatic carbocycles. The van der Waals surface area contributed by atoms with E-state index in [0.717, 1.165) is 18.9 Å². The van der Waals surface area contributed by atoms with Gasteiger partial charge in [-0.15, -0.1) is 0 Å². The van der Waals surface area contributed by atoms with Gasteiger partial charge in [0.2, 0.25) is 0 Å². The highest BCUT2D eigenvalue weighted by molar-refractivity contribution is 5.38. The molecule has 0 spiro atoms. The number of nitrogens with one attached hydrogen (secondary N) is 1. The summed E-state index contributed by atoms with van der Waals surface area (Å²) in [6, 6.07) is 6.89. The summed E-state index contributed by atoms with van der Waals surface area (Å²) in [5, 5.41) is 3.84. The lowest BCUT2D eigenvalue weighted by molar-refractivity contribution is 0.117. The van der Waals surface area contributed by atoms with Crippen LogP contribution in [0.4, 0.5) is 5.82 Å². The molecule has 1 saturated carbocycles. The van der Waals surface area contributed by atoms with Crippen LogP contribution in [0.1, 0.15) is 45.4 Å². The van der Waals surface area contributed by atoms with E-state index in [9.17, 15) is 0 Å². The molecule has 3 heteroatoms. The topological polar surface area (TPSA) is 28.2 Å². The average Bonchev–Trinajstić information content (AvgIpc) is 2.48. The number of aromatic nitrogens is 1. The minimum atomic E-state index is 0.637. The van der Waals surface area contributed by atoms with Crippen molar-refractivity contribution in [2.75, 3.05) is 24.5 Å². The van der Waals surface area contributed by atoms with E-state index in [2.05, 4.69) is 34.3 Å². The monoisotopic (exact) mass is 273 g/mol. The minimum Gasteiger partial charge on any atom is -0.357 e. The molecule has 2 fully saturated rings. The first-order valence-corrected chi connectivity index (χ1v) is 8.21. The normalized spacial score (nSPS) is 22.6. The Morgan fingerprint density at radius 3 is 2.65 bits per heavy atom. The number of nitrogens with zero attached hydrogens (tertiary/aromatic N) is 2. The van der Waals surface area contributed by atoms with Gasteiger partial charge in [0.15, 0.2) is 0 Å². The first-order chi connectivity index (χ1) is 9.81. The second-order valence-corrected chi connectivity index (χ2v) is 6.54. The molecule has 0 amide bonds. The zero-order valence-corrected chi connectivity index (χ0v) is 12.6. The standard InChI is InChI=1S/C17H27N3/c1-2-17(9-5-10-17)14-19-15-7-12-20(13-8-15)16-6-3-4-11-18-16/h3-4,6,11,15,19H,2,5,7-10,12-14H2,1H3. The molecule has 1 aromatic heterocycles. The fourth-order valence-electron chi connectivity index (χ4n) is 3.55. The van der Waals surface area contributed by atoms with Crippen molar-refractivity contribution in [1.82, 2.24) is 10.3 Å². The lowest BCUT2D eigenvalue weighted by atomic mass is 9.67. The zero-order valence-electron chi connectivity index (χ0n) is 12.6. The van der Waals surface area contributed by atoms with Crippen molar-refractivity contribution in [3.05, 3.63) is 24.4 Å². The third-order valence-electron chi connectivity index (χ3n) is 5.40. The minimum absolute atomic E-state index is 0.637. The molecule has 0 aromatic carbocycles. The van der Waals surface area contributed by atoms with E-state index in [-0.39, 0.29) is 0 Å². The number of piperidine rings is 1. The maximum atomic E-state index is 4.45. The van der Waals surface area contributed by atoms with Gasteiger partial charge in [-0.1, -0.05) is 19.4 Å². The maximum Gasteiger partial charge on any atom is 0.128 e. The van der Waals surface area contributed by atoms with Crippen LogP contribution in [0.2, 0.25) is 0 Å². The van der Waals surface area contributed by atoms with Gasteiger partial charge in [-0.3, -0.25) is 0 Å². The van der Waals surface area contributed by atoms with Crippen LogP contribution < -0.4 is 10.2 Å². The van der Waals surface area contributed by atoms with E-state index in [1.807, 2.05) is 12.3 Å². The van der Waals surface area contributed by atoms with Crippen LogP contribution in [0.3, 0.4) is 0 Å². The van der Waals surface area contributed by atoms with Crippen LogP contribution >= 0.6 is 0 Å². The smallest absolute Gasteiger partial charge is 0.128 e. The Labute approximate surface area is 122 Å². The summed E-state index contributed by atoms with van der Waals surface area (Å²) in [6.07, 6.45) is 10.0. The number of pyridine rings is 1. The van der Waals surface area contributed by atoms with E-state index < -0.39 is 0 Å². The molecule has 3 rings (SSSR count). The third-order valence-corrected chi connectivity index (χ3v) is 5.40. The first kappa shape index (κ1) is 13.9. The molecular formula is C17H27N3. The Morgan fingerprint density at radius 2 is 2.10 bits per heavy atom. The first-order valence-electron chi connectivity index (χ1n) is 8.21. The molecule has 2 aliphatic rings. The fraction of sp³-hybridized carbons (Fsp3) is 0.706. The van der Waals surface area contributed by atoms with Crippen molar-refractivity contribution >= 4 is 5.82 Å². The summed E-state index contributed by atoms with van der Waals surface area (Å²) in [4.78, 5) is 6.87. The van der Waals surface area contributed by atoms with E-state index in [4.69, 9.17) is 0 Å². The summed E-state index contributed by atoms with van der Waals surface area (Å²) in [5.41, 5.74) is 0.637. The predicted molar refractivity (Wildman–Crippen MR) is 84.0 cm³/mol. The SMILES string of the molecule is CCC1(CNC2CCN(c3ccccn3)CC2)CCC1. The molecule has 0 atom stereocenters. The van der Waals surface area contributed by atoms with E-state index in [1.54, 1.807) is 0 Å². The van der Waals surface area contributed by atoms with Crippen LogP contribution in [-0.2, 0) is 0 Å². The summed E-state index contributed by atoms with van der Waals surface area (Å²) in [7, 11) is 0. The molecule has 110 valence electrons. The molecule has 1 aromatic rings. The van der Waals surface area contributed by atoms with Gasteiger partial charge in [0.05, 0.1) is 0 Å². The molecule has 0 radical (unpaired) electrons. The molecule has 3 nitrogen and oxygen atoms in total. The van der Waals surface area contributed by atoms with Crippen LogP contribution in [0.25, 0.3) is 0 Å². The average molecular weight is 273 g/mol. The summed E-state index contributed by atoms with van der Waals surface area (Å²) in [6.45, 7) is 5.85. The summed E-state index contributed by atoms with van der Waals surface area (Å²) < 4.78 is 0. The Morgan fingerprint density at radius 1 is 1.30 bits per heavy atom. The molecule has 1 N–H and O–H groups in total. The van der Waals surface area contributed by atoms with E-state index in [0.29, 0.717) is 11.5 Å². The highest BCUT2D eigenvalue weighted by Gasteiger charge is 2.35. The number of anilines is 1. The number of hydrogen-bond acceptors (Lipinski definition) is 3. The van der Waals surface area contributed by atoms with Gasteiger partial charge in [-0.25, -0.2) is 4.98 Å².